The highest BCUT2D eigenvalue weighted by molar-refractivity contribution is 6.42. The summed E-state index contributed by atoms with van der Waals surface area (Å²) in [6.07, 6.45) is 3.23. The summed E-state index contributed by atoms with van der Waals surface area (Å²) < 4.78 is 25.7. The monoisotopic (exact) mass is 413 g/mol. The molecular formula is C22H24FN3O4. The number of benzene rings is 1. The van der Waals surface area contributed by atoms with Gasteiger partial charge in [0, 0.05) is 13.0 Å². The van der Waals surface area contributed by atoms with Gasteiger partial charge in [-0.3, -0.25) is 9.59 Å². The van der Waals surface area contributed by atoms with Crippen molar-refractivity contribution in [2.75, 3.05) is 6.61 Å². The van der Waals surface area contributed by atoms with Crippen LogP contribution >= 0.6 is 0 Å². The Morgan fingerprint density at radius 3 is 2.63 bits per heavy atom. The predicted molar refractivity (Wildman–Crippen MR) is 107 cm³/mol. The lowest BCUT2D eigenvalue weighted by Crippen LogP contribution is -2.19. The highest BCUT2D eigenvalue weighted by Gasteiger charge is 2.23. The van der Waals surface area contributed by atoms with Crippen molar-refractivity contribution >= 4 is 11.6 Å². The van der Waals surface area contributed by atoms with Gasteiger partial charge in [-0.25, -0.2) is 14.1 Å². The predicted octanol–water partition coefficient (Wildman–Crippen LogP) is 3.93. The average Bonchev–Trinajstić information content (AvgIpc) is 3.39. The summed E-state index contributed by atoms with van der Waals surface area (Å²) in [5.74, 6) is -0.899. The van der Waals surface area contributed by atoms with Crippen LogP contribution in [-0.2, 0) is 22.4 Å². The van der Waals surface area contributed by atoms with Crippen LogP contribution in [0.1, 0.15) is 60.6 Å². The molecule has 30 heavy (non-hydrogen) atoms. The van der Waals surface area contributed by atoms with Crippen LogP contribution in [0.25, 0.3) is 0 Å². The third-order valence-corrected chi connectivity index (χ3v) is 4.54. The Kier molecular flexibility index (Phi) is 7.24. The van der Waals surface area contributed by atoms with Crippen LogP contribution in [0, 0.1) is 5.82 Å². The van der Waals surface area contributed by atoms with Gasteiger partial charge >= 0.3 is 0 Å². The van der Waals surface area contributed by atoms with Gasteiger partial charge in [0.1, 0.15) is 29.9 Å². The molecule has 3 aromatic rings. The number of hydrogen-bond acceptors (Lipinski definition) is 6. The number of halogens is 1. The first-order valence-electron chi connectivity index (χ1n) is 9.88. The Balaban J connectivity index is 1.56. The maximum Gasteiger partial charge on any atom is 0.268 e. The molecule has 0 amide bonds. The third-order valence-electron chi connectivity index (χ3n) is 4.54. The maximum atomic E-state index is 13.0. The van der Waals surface area contributed by atoms with Gasteiger partial charge in [-0.15, -0.1) is 5.10 Å². The Hall–Kier alpha value is -3.13. The fourth-order valence-electron chi connectivity index (χ4n) is 2.81. The lowest BCUT2D eigenvalue weighted by Gasteiger charge is -2.11. The molecule has 1 unspecified atom stereocenters. The van der Waals surface area contributed by atoms with Gasteiger partial charge in [-0.2, -0.15) is 0 Å². The van der Waals surface area contributed by atoms with E-state index >= 15 is 0 Å². The van der Waals surface area contributed by atoms with Crippen molar-refractivity contribution in [1.29, 1.82) is 0 Å². The van der Waals surface area contributed by atoms with Crippen LogP contribution in [0.5, 0.6) is 0 Å². The Bertz CT molecular complexity index is 994. The van der Waals surface area contributed by atoms with E-state index in [1.54, 1.807) is 31.2 Å². The molecule has 8 heteroatoms. The molecule has 0 aliphatic heterocycles. The number of ketones is 2. The lowest BCUT2D eigenvalue weighted by molar-refractivity contribution is -0.114. The summed E-state index contributed by atoms with van der Waals surface area (Å²) in [5, 5.41) is 4.07. The average molecular weight is 413 g/mol. The van der Waals surface area contributed by atoms with Crippen molar-refractivity contribution in [2.45, 2.75) is 45.8 Å². The van der Waals surface area contributed by atoms with Crippen LogP contribution in [0.4, 0.5) is 4.39 Å². The minimum atomic E-state index is -0.772. The topological polar surface area (TPSA) is 87.2 Å². The lowest BCUT2D eigenvalue weighted by atomic mass is 10.1. The van der Waals surface area contributed by atoms with Crippen LogP contribution in [-0.4, -0.2) is 32.9 Å². The van der Waals surface area contributed by atoms with Crippen molar-refractivity contribution in [1.82, 2.24) is 14.8 Å². The fourth-order valence-corrected chi connectivity index (χ4v) is 2.81. The zero-order valence-corrected chi connectivity index (χ0v) is 17.0. The number of furan rings is 1. The van der Waals surface area contributed by atoms with Gasteiger partial charge in [-0.05, 0) is 43.2 Å². The molecule has 0 N–H and O–H groups in total. The number of nitrogens with zero attached hydrogens (tertiary/aromatic N) is 3. The van der Waals surface area contributed by atoms with Crippen LogP contribution in [0.2, 0.25) is 0 Å². The highest BCUT2D eigenvalue weighted by atomic mass is 19.1. The molecule has 0 saturated heterocycles. The van der Waals surface area contributed by atoms with E-state index in [0.717, 1.165) is 18.4 Å². The van der Waals surface area contributed by atoms with Gasteiger partial charge < -0.3 is 9.15 Å². The molecule has 0 fully saturated rings. The van der Waals surface area contributed by atoms with Crippen molar-refractivity contribution in [2.24, 2.45) is 0 Å². The molecule has 2 heterocycles. The molecule has 158 valence electrons. The number of carbonyl (C=O) groups is 2. The van der Waals surface area contributed by atoms with Crippen LogP contribution in [0.3, 0.4) is 0 Å². The van der Waals surface area contributed by atoms with E-state index in [2.05, 4.69) is 17.0 Å². The minimum absolute atomic E-state index is 0.163. The van der Waals surface area contributed by atoms with Crippen molar-refractivity contribution < 1.29 is 23.1 Å². The zero-order chi connectivity index (χ0) is 21.5. The van der Waals surface area contributed by atoms with Crippen molar-refractivity contribution in [3.8, 4) is 0 Å². The molecule has 0 aliphatic carbocycles. The summed E-state index contributed by atoms with van der Waals surface area (Å²) in [6.45, 7) is 4.45. The summed E-state index contributed by atoms with van der Waals surface area (Å²) in [6, 6.07) is 9.48. The number of carbonyl (C=O) groups excluding carboxylic acids is 2. The van der Waals surface area contributed by atoms with Gasteiger partial charge in [0.05, 0.1) is 6.42 Å². The molecule has 0 bridgehead atoms. The number of Topliss-reactive ketones (excluding diaryl/α,β-unsaturated/α-hetero) is 2. The number of ether oxygens (including phenoxy) is 1. The Morgan fingerprint density at radius 1 is 1.17 bits per heavy atom. The van der Waals surface area contributed by atoms with E-state index in [0.29, 0.717) is 24.5 Å². The van der Waals surface area contributed by atoms with Gasteiger partial charge in [0.25, 0.3) is 5.78 Å². The molecule has 2 aromatic heterocycles. The second-order valence-corrected chi connectivity index (χ2v) is 6.97. The van der Waals surface area contributed by atoms with E-state index in [1.807, 2.05) is 0 Å². The normalized spacial score (nSPS) is 12.1. The Labute approximate surface area is 173 Å². The summed E-state index contributed by atoms with van der Waals surface area (Å²) in [7, 11) is 0. The molecule has 0 saturated carbocycles. The summed E-state index contributed by atoms with van der Waals surface area (Å²) in [4.78, 5) is 28.6. The Morgan fingerprint density at radius 2 is 1.90 bits per heavy atom. The molecule has 0 radical (unpaired) electrons. The van der Waals surface area contributed by atoms with E-state index < -0.39 is 11.6 Å². The summed E-state index contributed by atoms with van der Waals surface area (Å²) in [5.41, 5.74) is 0.879. The quantitative estimate of drug-likeness (QED) is 0.269. The molecule has 1 atom stereocenters. The molecule has 0 aliphatic rings. The highest BCUT2D eigenvalue weighted by Crippen LogP contribution is 2.15. The molecular weight excluding hydrogens is 389 g/mol. The van der Waals surface area contributed by atoms with Crippen LogP contribution < -0.4 is 0 Å². The second kappa shape index (κ2) is 10.1. The third kappa shape index (κ3) is 5.70. The number of hydrogen-bond donors (Lipinski definition) is 0. The number of unbranched alkanes of at least 4 members (excludes halogenated alkanes) is 1. The van der Waals surface area contributed by atoms with E-state index in [-0.39, 0.29) is 24.3 Å². The summed E-state index contributed by atoms with van der Waals surface area (Å²) >= 11 is 0. The number of rotatable bonds is 11. The first-order chi connectivity index (χ1) is 14.5. The van der Waals surface area contributed by atoms with Crippen LogP contribution in [0.15, 0.2) is 47.1 Å². The second-order valence-electron chi connectivity index (χ2n) is 6.97. The minimum Gasteiger partial charge on any atom is -0.465 e. The standard InChI is InChI=1S/C22H24FN3O4/c1-3-4-11-29-15(2)26-14-24-22(25-26)21(28)20(27)13-19-10-9-18(30-19)12-16-5-7-17(23)8-6-16/h5-10,14-15H,3-4,11-13H2,1-2H3. The largest absolute Gasteiger partial charge is 0.465 e. The SMILES string of the molecule is CCCCOC(C)n1cnc(C(=O)C(=O)Cc2ccc(Cc3ccc(F)cc3)o2)n1. The number of aromatic nitrogens is 3. The first kappa shape index (κ1) is 21.6. The molecule has 0 spiro atoms. The van der Waals surface area contributed by atoms with E-state index in [9.17, 15) is 14.0 Å². The van der Waals surface area contributed by atoms with Gasteiger partial charge in [0.2, 0.25) is 11.6 Å². The first-order valence-corrected chi connectivity index (χ1v) is 9.88. The smallest absolute Gasteiger partial charge is 0.268 e. The van der Waals surface area contributed by atoms with E-state index in [1.165, 1.54) is 23.1 Å². The molecule has 1 aromatic carbocycles. The van der Waals surface area contributed by atoms with E-state index in [4.69, 9.17) is 9.15 Å². The van der Waals surface area contributed by atoms with Crippen molar-refractivity contribution in [3.05, 3.63) is 71.5 Å². The zero-order valence-electron chi connectivity index (χ0n) is 17.0. The maximum absolute atomic E-state index is 13.0. The fraction of sp³-hybridized carbons (Fsp3) is 0.364. The van der Waals surface area contributed by atoms with Gasteiger partial charge in [0.15, 0.2) is 0 Å². The molecule has 3 rings (SSSR count). The van der Waals surface area contributed by atoms with Crippen molar-refractivity contribution in [3.63, 3.8) is 0 Å². The van der Waals surface area contributed by atoms with Gasteiger partial charge in [-0.1, -0.05) is 25.5 Å². The molecule has 7 nitrogen and oxygen atoms in total.